The third-order valence-corrected chi connectivity index (χ3v) is 4.51. The summed E-state index contributed by atoms with van der Waals surface area (Å²) in [7, 11) is 2.97. The maximum absolute atomic E-state index is 12.8. The molecule has 0 radical (unpaired) electrons. The highest BCUT2D eigenvalue weighted by Crippen LogP contribution is 2.27. The lowest BCUT2D eigenvalue weighted by Crippen LogP contribution is -2.34. The van der Waals surface area contributed by atoms with Gasteiger partial charge in [-0.15, -0.1) is 0 Å². The highest BCUT2D eigenvalue weighted by Gasteiger charge is 2.20. The molecule has 1 N–H and O–H groups in total. The summed E-state index contributed by atoms with van der Waals surface area (Å²) in [5.74, 6) is -0.790. The number of hydrogen-bond acceptors (Lipinski definition) is 5. The summed E-state index contributed by atoms with van der Waals surface area (Å²) in [4.78, 5) is 24.0. The van der Waals surface area contributed by atoms with Crippen LogP contribution in [0.15, 0.2) is 42.5 Å². The number of nitrogens with one attached hydrogen (secondary N) is 1. The van der Waals surface area contributed by atoms with Crippen LogP contribution in [-0.2, 0) is 10.2 Å². The van der Waals surface area contributed by atoms with Crippen LogP contribution in [0.4, 0.5) is 0 Å². The summed E-state index contributed by atoms with van der Waals surface area (Å²) < 4.78 is 10.4. The third-order valence-electron chi connectivity index (χ3n) is 4.51. The standard InChI is InChI=1S/C22H27NO5/c1-22(2,3)15-8-6-14(7-9-15)18(13-20(24)25)23-21(26)17-11-10-16(27-4)12-19(17)28-5/h6-12,18H,13H2,1-5H3,(H,23,26)(H,24,25)/p-1/t18-/m1/s1. The van der Waals surface area contributed by atoms with Gasteiger partial charge >= 0.3 is 0 Å². The second-order valence-corrected chi connectivity index (χ2v) is 7.54. The fourth-order valence-electron chi connectivity index (χ4n) is 2.86. The van der Waals surface area contributed by atoms with Gasteiger partial charge in [-0.2, -0.15) is 0 Å². The van der Waals surface area contributed by atoms with E-state index in [1.807, 2.05) is 24.3 Å². The molecule has 0 heterocycles. The average molecular weight is 384 g/mol. The van der Waals surface area contributed by atoms with Crippen molar-refractivity contribution in [3.05, 3.63) is 59.2 Å². The first-order chi connectivity index (χ1) is 13.2. The molecule has 1 amide bonds. The Balaban J connectivity index is 2.29. The molecule has 28 heavy (non-hydrogen) atoms. The van der Waals surface area contributed by atoms with E-state index in [4.69, 9.17) is 9.47 Å². The monoisotopic (exact) mass is 384 g/mol. The molecule has 0 aliphatic rings. The van der Waals surface area contributed by atoms with Crippen LogP contribution in [0.2, 0.25) is 0 Å². The van der Waals surface area contributed by atoms with Crippen LogP contribution in [-0.4, -0.2) is 26.1 Å². The number of amides is 1. The van der Waals surface area contributed by atoms with E-state index in [2.05, 4.69) is 26.1 Å². The third kappa shape index (κ3) is 5.25. The fraction of sp³-hybridized carbons (Fsp3) is 0.364. The molecular formula is C22H26NO5-. The van der Waals surface area contributed by atoms with Gasteiger partial charge in [0.25, 0.3) is 5.91 Å². The SMILES string of the molecule is COc1ccc(C(=O)N[C@H](CC(=O)[O-])c2ccc(C(C)(C)C)cc2)c(OC)c1. The molecule has 2 aromatic rings. The van der Waals surface area contributed by atoms with Crippen molar-refractivity contribution in [3.8, 4) is 11.5 Å². The summed E-state index contributed by atoms with van der Waals surface area (Å²) >= 11 is 0. The molecule has 2 aromatic carbocycles. The van der Waals surface area contributed by atoms with E-state index in [0.29, 0.717) is 17.1 Å². The van der Waals surface area contributed by atoms with Crippen molar-refractivity contribution in [1.29, 1.82) is 0 Å². The van der Waals surface area contributed by atoms with Gasteiger partial charge in [0.05, 0.1) is 25.8 Å². The Morgan fingerprint density at radius 1 is 1.04 bits per heavy atom. The highest BCUT2D eigenvalue weighted by atomic mass is 16.5. The van der Waals surface area contributed by atoms with Crippen LogP contribution in [0, 0.1) is 0 Å². The quantitative estimate of drug-likeness (QED) is 0.793. The maximum atomic E-state index is 12.8. The van der Waals surface area contributed by atoms with E-state index in [0.717, 1.165) is 5.56 Å². The van der Waals surface area contributed by atoms with Crippen molar-refractivity contribution in [2.24, 2.45) is 0 Å². The predicted octanol–water partition coefficient (Wildman–Crippen LogP) is 2.61. The smallest absolute Gasteiger partial charge is 0.255 e. The Kier molecular flexibility index (Phi) is 6.67. The number of hydrogen-bond donors (Lipinski definition) is 1. The van der Waals surface area contributed by atoms with E-state index in [-0.39, 0.29) is 17.4 Å². The van der Waals surface area contributed by atoms with Gasteiger partial charge in [-0.3, -0.25) is 4.79 Å². The molecule has 0 saturated carbocycles. The molecule has 0 aromatic heterocycles. The van der Waals surface area contributed by atoms with E-state index >= 15 is 0 Å². The first-order valence-electron chi connectivity index (χ1n) is 8.99. The zero-order valence-corrected chi connectivity index (χ0v) is 16.9. The lowest BCUT2D eigenvalue weighted by molar-refractivity contribution is -0.306. The number of carbonyl (C=O) groups excluding carboxylic acids is 2. The van der Waals surface area contributed by atoms with Crippen LogP contribution >= 0.6 is 0 Å². The number of rotatable bonds is 7. The number of methoxy groups -OCH3 is 2. The number of carboxylic acids is 1. The molecule has 0 spiro atoms. The number of carbonyl (C=O) groups is 2. The van der Waals surface area contributed by atoms with Crippen molar-refractivity contribution in [3.63, 3.8) is 0 Å². The minimum absolute atomic E-state index is 0.0257. The molecule has 6 heteroatoms. The van der Waals surface area contributed by atoms with Gasteiger partial charge in [0.15, 0.2) is 0 Å². The largest absolute Gasteiger partial charge is 0.550 e. The Morgan fingerprint density at radius 3 is 2.18 bits per heavy atom. The molecule has 0 saturated heterocycles. The van der Waals surface area contributed by atoms with Gasteiger partial charge in [-0.1, -0.05) is 45.0 Å². The van der Waals surface area contributed by atoms with Gasteiger partial charge in [0.1, 0.15) is 11.5 Å². The first kappa shape index (κ1) is 21.3. The van der Waals surface area contributed by atoms with Crippen molar-refractivity contribution in [2.45, 2.75) is 38.6 Å². The van der Waals surface area contributed by atoms with E-state index in [1.54, 1.807) is 18.2 Å². The van der Waals surface area contributed by atoms with Gasteiger partial charge in [0, 0.05) is 18.5 Å². The number of carboxylic acid groups (broad SMARTS) is 1. The Bertz CT molecular complexity index is 837. The molecule has 0 fully saturated rings. The summed E-state index contributed by atoms with van der Waals surface area (Å²) in [6, 6.07) is 11.6. The number of ether oxygens (including phenoxy) is 2. The van der Waals surface area contributed by atoms with Crippen molar-refractivity contribution < 1.29 is 24.2 Å². The molecular weight excluding hydrogens is 358 g/mol. The lowest BCUT2D eigenvalue weighted by Gasteiger charge is -2.23. The summed E-state index contributed by atoms with van der Waals surface area (Å²) in [5.41, 5.74) is 2.07. The zero-order chi connectivity index (χ0) is 20.9. The average Bonchev–Trinajstić information content (AvgIpc) is 2.65. The fourth-order valence-corrected chi connectivity index (χ4v) is 2.86. The molecule has 0 unspecified atom stereocenters. The lowest BCUT2D eigenvalue weighted by atomic mass is 9.86. The topological polar surface area (TPSA) is 87.7 Å². The first-order valence-corrected chi connectivity index (χ1v) is 8.99. The highest BCUT2D eigenvalue weighted by molar-refractivity contribution is 5.97. The Labute approximate surface area is 165 Å². The van der Waals surface area contributed by atoms with Gasteiger partial charge in [-0.05, 0) is 28.7 Å². The zero-order valence-electron chi connectivity index (χ0n) is 16.9. The molecule has 2 rings (SSSR count). The maximum Gasteiger partial charge on any atom is 0.255 e. The van der Waals surface area contributed by atoms with Gasteiger partial charge in [0.2, 0.25) is 0 Å². The van der Waals surface area contributed by atoms with Gasteiger partial charge < -0.3 is 24.7 Å². The van der Waals surface area contributed by atoms with Crippen LogP contribution in [0.25, 0.3) is 0 Å². The normalized spacial score (nSPS) is 12.2. The minimum atomic E-state index is -1.24. The number of benzene rings is 2. The molecule has 150 valence electrons. The van der Waals surface area contributed by atoms with Crippen LogP contribution in [0.1, 0.15) is 54.7 Å². The predicted molar refractivity (Wildman–Crippen MR) is 105 cm³/mol. The van der Waals surface area contributed by atoms with E-state index in [9.17, 15) is 14.7 Å². The van der Waals surface area contributed by atoms with Crippen LogP contribution < -0.4 is 19.9 Å². The number of aliphatic carboxylic acids is 1. The van der Waals surface area contributed by atoms with Crippen molar-refractivity contribution >= 4 is 11.9 Å². The van der Waals surface area contributed by atoms with Gasteiger partial charge in [-0.25, -0.2) is 0 Å². The minimum Gasteiger partial charge on any atom is -0.550 e. The summed E-state index contributed by atoms with van der Waals surface area (Å²) in [5, 5.41) is 14.0. The van der Waals surface area contributed by atoms with Crippen molar-refractivity contribution in [2.75, 3.05) is 14.2 Å². The molecule has 0 aliphatic heterocycles. The van der Waals surface area contributed by atoms with E-state index < -0.39 is 17.9 Å². The second kappa shape index (κ2) is 8.78. The summed E-state index contributed by atoms with van der Waals surface area (Å²) in [6.07, 6.45) is -0.334. The van der Waals surface area contributed by atoms with Crippen LogP contribution in [0.5, 0.6) is 11.5 Å². The Morgan fingerprint density at radius 2 is 1.68 bits per heavy atom. The molecule has 1 atom stereocenters. The van der Waals surface area contributed by atoms with E-state index in [1.165, 1.54) is 14.2 Å². The molecule has 6 nitrogen and oxygen atoms in total. The Hall–Kier alpha value is -3.02. The molecule has 0 bridgehead atoms. The van der Waals surface area contributed by atoms with Crippen molar-refractivity contribution in [1.82, 2.24) is 5.32 Å². The molecule has 0 aliphatic carbocycles. The van der Waals surface area contributed by atoms with Crippen LogP contribution in [0.3, 0.4) is 0 Å². The second-order valence-electron chi connectivity index (χ2n) is 7.54. The summed E-state index contributed by atoms with van der Waals surface area (Å²) in [6.45, 7) is 6.29.